The van der Waals surface area contributed by atoms with E-state index in [9.17, 15) is 0 Å². The van der Waals surface area contributed by atoms with Crippen LogP contribution in [0, 0.1) is 0 Å². The summed E-state index contributed by atoms with van der Waals surface area (Å²) < 4.78 is 5.02. The molecule has 0 saturated heterocycles. The molecular weight excluding hydrogens is 186 g/mol. The van der Waals surface area contributed by atoms with E-state index in [1.165, 1.54) is 12.0 Å². The Kier molecular flexibility index (Phi) is 3.75. The van der Waals surface area contributed by atoms with Crippen LogP contribution in [0.3, 0.4) is 0 Å². The number of rotatable bonds is 6. The van der Waals surface area contributed by atoms with Gasteiger partial charge in [-0.05, 0) is 24.9 Å². The first-order chi connectivity index (χ1) is 7.42. The quantitative estimate of drug-likeness (QED) is 0.719. The first-order valence-electron chi connectivity index (χ1n) is 5.69. The Labute approximate surface area is 91.6 Å². The van der Waals surface area contributed by atoms with Crippen molar-refractivity contribution < 1.29 is 4.74 Å². The first-order valence-corrected chi connectivity index (χ1v) is 5.69. The zero-order valence-electron chi connectivity index (χ0n) is 9.28. The van der Waals surface area contributed by atoms with Crippen LogP contribution < -0.4 is 5.32 Å². The van der Waals surface area contributed by atoms with Crippen LogP contribution in [0.4, 0.5) is 0 Å². The number of ether oxygens (including phenoxy) is 1. The lowest BCUT2D eigenvalue weighted by Crippen LogP contribution is -2.20. The molecule has 82 valence electrons. The molecule has 2 heteroatoms. The van der Waals surface area contributed by atoms with E-state index in [4.69, 9.17) is 4.74 Å². The Morgan fingerprint density at radius 2 is 2.13 bits per heavy atom. The topological polar surface area (TPSA) is 21.3 Å². The summed E-state index contributed by atoms with van der Waals surface area (Å²) in [7, 11) is 1.75. The van der Waals surface area contributed by atoms with E-state index in [-0.39, 0.29) is 0 Å². The molecule has 0 bridgehead atoms. The van der Waals surface area contributed by atoms with E-state index in [0.29, 0.717) is 6.04 Å². The fourth-order valence-corrected chi connectivity index (χ4v) is 1.99. The largest absolute Gasteiger partial charge is 0.385 e. The molecule has 1 saturated carbocycles. The standard InChI is InChI=1S/C13H19NO/c1-15-9-5-8-14-13-10-12(13)11-6-3-2-4-7-11/h2-4,6-7,12-14H,5,8-10H2,1H3. The third kappa shape index (κ3) is 3.05. The summed E-state index contributed by atoms with van der Waals surface area (Å²) in [4.78, 5) is 0. The zero-order chi connectivity index (χ0) is 10.5. The molecule has 1 fully saturated rings. The molecule has 1 aromatic carbocycles. The van der Waals surface area contributed by atoms with Crippen LogP contribution in [0.5, 0.6) is 0 Å². The van der Waals surface area contributed by atoms with Crippen LogP contribution in [-0.2, 0) is 4.74 Å². The lowest BCUT2D eigenvalue weighted by atomic mass is 10.1. The van der Waals surface area contributed by atoms with Gasteiger partial charge in [-0.2, -0.15) is 0 Å². The second-order valence-electron chi connectivity index (χ2n) is 4.16. The minimum absolute atomic E-state index is 0.698. The highest BCUT2D eigenvalue weighted by atomic mass is 16.5. The summed E-state index contributed by atoms with van der Waals surface area (Å²) in [6.45, 7) is 1.93. The lowest BCUT2D eigenvalue weighted by molar-refractivity contribution is 0.194. The maximum absolute atomic E-state index is 5.02. The van der Waals surface area contributed by atoms with Gasteiger partial charge in [-0.1, -0.05) is 30.3 Å². The Bertz CT molecular complexity index is 286. The van der Waals surface area contributed by atoms with Crippen molar-refractivity contribution in [2.24, 2.45) is 0 Å². The molecule has 1 N–H and O–H groups in total. The van der Waals surface area contributed by atoms with Crippen LogP contribution in [-0.4, -0.2) is 26.3 Å². The molecule has 15 heavy (non-hydrogen) atoms. The molecule has 0 heterocycles. The van der Waals surface area contributed by atoms with Crippen molar-refractivity contribution in [3.05, 3.63) is 35.9 Å². The molecule has 0 spiro atoms. The van der Waals surface area contributed by atoms with E-state index < -0.39 is 0 Å². The fourth-order valence-electron chi connectivity index (χ4n) is 1.99. The fraction of sp³-hybridized carbons (Fsp3) is 0.538. The molecule has 2 atom stereocenters. The Hall–Kier alpha value is -0.860. The summed E-state index contributed by atoms with van der Waals surface area (Å²) in [5.41, 5.74) is 1.47. The minimum atomic E-state index is 0.698. The number of hydrogen-bond acceptors (Lipinski definition) is 2. The predicted octanol–water partition coefficient (Wildman–Crippen LogP) is 2.17. The van der Waals surface area contributed by atoms with E-state index in [2.05, 4.69) is 35.6 Å². The summed E-state index contributed by atoms with van der Waals surface area (Å²) in [6, 6.07) is 11.5. The van der Waals surface area contributed by atoms with E-state index in [1.807, 2.05) is 0 Å². The Morgan fingerprint density at radius 3 is 2.87 bits per heavy atom. The van der Waals surface area contributed by atoms with Gasteiger partial charge in [0.15, 0.2) is 0 Å². The average Bonchev–Trinajstić information content (AvgIpc) is 3.05. The number of methoxy groups -OCH3 is 1. The van der Waals surface area contributed by atoms with Gasteiger partial charge in [-0.3, -0.25) is 0 Å². The number of benzene rings is 1. The predicted molar refractivity (Wildman–Crippen MR) is 62.1 cm³/mol. The van der Waals surface area contributed by atoms with Crippen LogP contribution in [0.2, 0.25) is 0 Å². The molecule has 0 amide bonds. The molecule has 2 unspecified atom stereocenters. The summed E-state index contributed by atoms with van der Waals surface area (Å²) >= 11 is 0. The van der Waals surface area contributed by atoms with Crippen molar-refractivity contribution in [2.75, 3.05) is 20.3 Å². The van der Waals surface area contributed by atoms with Crippen molar-refractivity contribution in [3.63, 3.8) is 0 Å². The van der Waals surface area contributed by atoms with Crippen molar-refractivity contribution in [2.45, 2.75) is 24.8 Å². The Morgan fingerprint density at radius 1 is 1.33 bits per heavy atom. The van der Waals surface area contributed by atoms with E-state index in [0.717, 1.165) is 25.5 Å². The van der Waals surface area contributed by atoms with Gasteiger partial charge in [-0.25, -0.2) is 0 Å². The van der Waals surface area contributed by atoms with Gasteiger partial charge in [0.1, 0.15) is 0 Å². The lowest BCUT2D eigenvalue weighted by Gasteiger charge is -2.03. The van der Waals surface area contributed by atoms with Crippen molar-refractivity contribution in [1.82, 2.24) is 5.32 Å². The molecule has 1 aliphatic carbocycles. The first kappa shape index (κ1) is 10.7. The van der Waals surface area contributed by atoms with Gasteiger partial charge in [0, 0.05) is 25.7 Å². The smallest absolute Gasteiger partial charge is 0.0474 e. The third-order valence-corrected chi connectivity index (χ3v) is 2.95. The normalized spacial score (nSPS) is 24.1. The van der Waals surface area contributed by atoms with Crippen LogP contribution >= 0.6 is 0 Å². The highest BCUT2D eigenvalue weighted by Gasteiger charge is 2.37. The van der Waals surface area contributed by atoms with Crippen molar-refractivity contribution in [1.29, 1.82) is 0 Å². The molecule has 0 aromatic heterocycles. The molecule has 0 radical (unpaired) electrons. The van der Waals surface area contributed by atoms with Crippen LogP contribution in [0.1, 0.15) is 24.3 Å². The van der Waals surface area contributed by atoms with E-state index in [1.54, 1.807) is 7.11 Å². The maximum Gasteiger partial charge on any atom is 0.0474 e. The van der Waals surface area contributed by atoms with Gasteiger partial charge in [-0.15, -0.1) is 0 Å². The van der Waals surface area contributed by atoms with Gasteiger partial charge in [0.2, 0.25) is 0 Å². The summed E-state index contributed by atoms with van der Waals surface area (Å²) in [5.74, 6) is 0.744. The number of nitrogens with one attached hydrogen (secondary N) is 1. The monoisotopic (exact) mass is 205 g/mol. The second kappa shape index (κ2) is 5.29. The average molecular weight is 205 g/mol. The molecule has 2 nitrogen and oxygen atoms in total. The summed E-state index contributed by atoms with van der Waals surface area (Å²) in [5, 5.41) is 3.56. The highest BCUT2D eigenvalue weighted by molar-refractivity contribution is 5.27. The molecule has 0 aliphatic heterocycles. The summed E-state index contributed by atoms with van der Waals surface area (Å²) in [6.07, 6.45) is 2.39. The number of hydrogen-bond donors (Lipinski definition) is 1. The zero-order valence-corrected chi connectivity index (χ0v) is 9.28. The van der Waals surface area contributed by atoms with E-state index >= 15 is 0 Å². The van der Waals surface area contributed by atoms with Crippen molar-refractivity contribution in [3.8, 4) is 0 Å². The molecule has 2 rings (SSSR count). The van der Waals surface area contributed by atoms with Crippen LogP contribution in [0.25, 0.3) is 0 Å². The maximum atomic E-state index is 5.02. The molecular formula is C13H19NO. The van der Waals surface area contributed by atoms with Gasteiger partial charge in [0.05, 0.1) is 0 Å². The van der Waals surface area contributed by atoms with Crippen LogP contribution in [0.15, 0.2) is 30.3 Å². The minimum Gasteiger partial charge on any atom is -0.385 e. The van der Waals surface area contributed by atoms with Crippen molar-refractivity contribution >= 4 is 0 Å². The van der Waals surface area contributed by atoms with Gasteiger partial charge >= 0.3 is 0 Å². The second-order valence-corrected chi connectivity index (χ2v) is 4.16. The highest BCUT2D eigenvalue weighted by Crippen LogP contribution is 2.40. The van der Waals surface area contributed by atoms with Gasteiger partial charge in [0.25, 0.3) is 0 Å². The molecule has 1 aromatic rings. The third-order valence-electron chi connectivity index (χ3n) is 2.95. The molecule has 1 aliphatic rings. The SMILES string of the molecule is COCCCNC1CC1c1ccccc1. The van der Waals surface area contributed by atoms with Gasteiger partial charge < -0.3 is 10.1 Å². The Balaban J connectivity index is 1.68.